The lowest BCUT2D eigenvalue weighted by molar-refractivity contribution is -0.133. The Balaban J connectivity index is 1.56. The third-order valence-electron chi connectivity index (χ3n) is 4.84. The molecule has 1 aliphatic carbocycles. The lowest BCUT2D eigenvalue weighted by atomic mass is 9.94. The number of carbonyl (C=O) groups is 1. The molecule has 1 saturated carbocycles. The predicted molar refractivity (Wildman–Crippen MR) is 73.9 cm³/mol. The van der Waals surface area contributed by atoms with Gasteiger partial charge in [0.1, 0.15) is 0 Å². The normalized spacial score (nSPS) is 20.8. The highest BCUT2D eigenvalue weighted by Crippen LogP contribution is 2.52. The Morgan fingerprint density at radius 2 is 2.16 bits per heavy atom. The van der Waals surface area contributed by atoms with Crippen LogP contribution in [-0.4, -0.2) is 34.1 Å². The summed E-state index contributed by atoms with van der Waals surface area (Å²) in [6.07, 6.45) is 6.62. The number of aromatic nitrogens is 2. The van der Waals surface area contributed by atoms with E-state index in [-0.39, 0.29) is 0 Å². The van der Waals surface area contributed by atoms with Crippen LogP contribution >= 0.6 is 0 Å². The molecule has 1 saturated heterocycles. The third-order valence-corrected chi connectivity index (χ3v) is 4.84. The van der Waals surface area contributed by atoms with Crippen LogP contribution in [0.2, 0.25) is 0 Å². The summed E-state index contributed by atoms with van der Waals surface area (Å²) in [6.45, 7) is 6.00. The SMILES string of the molecule is Cc1n[nH]c(C)c1CCC(=O)N1CCCC2(CC2)C1. The second-order valence-electron chi connectivity index (χ2n) is 6.33. The minimum absolute atomic E-state index is 0.325. The Labute approximate surface area is 114 Å². The Kier molecular flexibility index (Phi) is 3.11. The fourth-order valence-corrected chi connectivity index (χ4v) is 3.34. The number of amides is 1. The molecule has 2 heterocycles. The van der Waals surface area contributed by atoms with Gasteiger partial charge in [-0.2, -0.15) is 5.10 Å². The van der Waals surface area contributed by atoms with Crippen molar-refractivity contribution in [2.75, 3.05) is 13.1 Å². The van der Waals surface area contributed by atoms with Crippen LogP contribution in [0.4, 0.5) is 0 Å². The summed E-state index contributed by atoms with van der Waals surface area (Å²) in [5, 5.41) is 7.18. The number of piperidine rings is 1. The molecule has 0 bridgehead atoms. The first kappa shape index (κ1) is 12.7. The quantitative estimate of drug-likeness (QED) is 0.908. The lowest BCUT2D eigenvalue weighted by Gasteiger charge is -2.33. The van der Waals surface area contributed by atoms with Gasteiger partial charge in [-0.25, -0.2) is 0 Å². The number of nitrogens with zero attached hydrogens (tertiary/aromatic N) is 2. The van der Waals surface area contributed by atoms with Crippen LogP contribution < -0.4 is 0 Å². The summed E-state index contributed by atoms with van der Waals surface area (Å²) in [5.74, 6) is 0.325. The van der Waals surface area contributed by atoms with Crippen LogP contribution in [0.5, 0.6) is 0 Å². The monoisotopic (exact) mass is 261 g/mol. The van der Waals surface area contributed by atoms with Gasteiger partial charge in [-0.15, -0.1) is 0 Å². The van der Waals surface area contributed by atoms with E-state index in [2.05, 4.69) is 15.1 Å². The van der Waals surface area contributed by atoms with Gasteiger partial charge in [-0.3, -0.25) is 9.89 Å². The number of hydrogen-bond donors (Lipinski definition) is 1. The summed E-state index contributed by atoms with van der Waals surface area (Å²) >= 11 is 0. The molecule has 1 aromatic heterocycles. The maximum Gasteiger partial charge on any atom is 0.222 e. The van der Waals surface area contributed by atoms with E-state index in [1.165, 1.54) is 31.2 Å². The molecule has 104 valence electrons. The average Bonchev–Trinajstić information content (AvgIpc) is 3.06. The number of aryl methyl sites for hydroxylation is 2. The van der Waals surface area contributed by atoms with E-state index in [0.717, 1.165) is 30.9 Å². The first-order valence-corrected chi connectivity index (χ1v) is 7.38. The van der Waals surface area contributed by atoms with Gasteiger partial charge in [0.05, 0.1) is 5.69 Å². The van der Waals surface area contributed by atoms with Crippen LogP contribution in [-0.2, 0) is 11.2 Å². The molecule has 0 unspecified atom stereocenters. The van der Waals surface area contributed by atoms with Gasteiger partial charge in [0.2, 0.25) is 5.91 Å². The molecule has 19 heavy (non-hydrogen) atoms. The van der Waals surface area contributed by atoms with E-state index in [4.69, 9.17) is 0 Å². The maximum absolute atomic E-state index is 12.3. The molecule has 0 radical (unpaired) electrons. The number of rotatable bonds is 3. The van der Waals surface area contributed by atoms with E-state index >= 15 is 0 Å². The minimum Gasteiger partial charge on any atom is -0.342 e. The number of likely N-dealkylation sites (tertiary alicyclic amines) is 1. The molecule has 3 rings (SSSR count). The Morgan fingerprint density at radius 1 is 1.37 bits per heavy atom. The summed E-state index contributed by atoms with van der Waals surface area (Å²) in [7, 11) is 0. The molecule has 0 atom stereocenters. The summed E-state index contributed by atoms with van der Waals surface area (Å²) in [4.78, 5) is 14.4. The molecule has 0 aromatic carbocycles. The zero-order valence-corrected chi connectivity index (χ0v) is 12.0. The Hall–Kier alpha value is -1.32. The topological polar surface area (TPSA) is 49.0 Å². The highest BCUT2D eigenvalue weighted by molar-refractivity contribution is 5.76. The zero-order chi connectivity index (χ0) is 13.5. The van der Waals surface area contributed by atoms with Gasteiger partial charge in [-0.05, 0) is 56.9 Å². The second kappa shape index (κ2) is 4.66. The molecule has 2 aliphatic rings. The number of hydrogen-bond acceptors (Lipinski definition) is 2. The molecule has 4 nitrogen and oxygen atoms in total. The van der Waals surface area contributed by atoms with Crippen molar-refractivity contribution in [2.45, 2.75) is 52.4 Å². The number of H-pyrrole nitrogens is 1. The highest BCUT2D eigenvalue weighted by atomic mass is 16.2. The van der Waals surface area contributed by atoms with Gasteiger partial charge in [0.25, 0.3) is 0 Å². The van der Waals surface area contributed by atoms with Crippen molar-refractivity contribution in [2.24, 2.45) is 5.41 Å². The average molecular weight is 261 g/mol. The summed E-state index contributed by atoms with van der Waals surface area (Å²) < 4.78 is 0. The van der Waals surface area contributed by atoms with E-state index < -0.39 is 0 Å². The van der Waals surface area contributed by atoms with Crippen LogP contribution in [0.3, 0.4) is 0 Å². The standard InChI is InChI=1S/C15H23N3O/c1-11-13(12(2)17-16-11)4-5-14(19)18-9-3-6-15(10-18)7-8-15/h3-10H2,1-2H3,(H,16,17). The van der Waals surface area contributed by atoms with Crippen molar-refractivity contribution >= 4 is 5.91 Å². The van der Waals surface area contributed by atoms with E-state index in [1.54, 1.807) is 0 Å². The summed E-state index contributed by atoms with van der Waals surface area (Å²) in [5.41, 5.74) is 3.87. The van der Waals surface area contributed by atoms with Crippen molar-refractivity contribution in [1.82, 2.24) is 15.1 Å². The molecule has 2 fully saturated rings. The first-order chi connectivity index (χ1) is 9.10. The minimum atomic E-state index is 0.325. The number of nitrogens with one attached hydrogen (secondary N) is 1. The number of carbonyl (C=O) groups excluding carboxylic acids is 1. The predicted octanol–water partition coefficient (Wildman–Crippen LogP) is 2.36. The molecule has 1 spiro atoms. The highest BCUT2D eigenvalue weighted by Gasteiger charge is 2.46. The van der Waals surface area contributed by atoms with Gasteiger partial charge in [0, 0.05) is 25.2 Å². The third kappa shape index (κ3) is 2.53. The van der Waals surface area contributed by atoms with Crippen molar-refractivity contribution in [3.8, 4) is 0 Å². The van der Waals surface area contributed by atoms with Gasteiger partial charge >= 0.3 is 0 Å². The Bertz CT molecular complexity index is 468. The van der Waals surface area contributed by atoms with Crippen molar-refractivity contribution in [3.63, 3.8) is 0 Å². The van der Waals surface area contributed by atoms with Crippen LogP contribution in [0, 0.1) is 19.3 Å². The van der Waals surface area contributed by atoms with Crippen LogP contribution in [0.25, 0.3) is 0 Å². The van der Waals surface area contributed by atoms with Crippen molar-refractivity contribution in [1.29, 1.82) is 0 Å². The molecule has 4 heteroatoms. The van der Waals surface area contributed by atoms with Crippen LogP contribution in [0.15, 0.2) is 0 Å². The summed E-state index contributed by atoms with van der Waals surface area (Å²) in [6, 6.07) is 0. The molecular weight excluding hydrogens is 238 g/mol. The van der Waals surface area contributed by atoms with Gasteiger partial charge in [-0.1, -0.05) is 0 Å². The fraction of sp³-hybridized carbons (Fsp3) is 0.733. The molecule has 1 N–H and O–H groups in total. The molecule has 1 aliphatic heterocycles. The fourth-order valence-electron chi connectivity index (χ4n) is 3.34. The smallest absolute Gasteiger partial charge is 0.222 e. The largest absolute Gasteiger partial charge is 0.342 e. The number of aromatic amines is 1. The van der Waals surface area contributed by atoms with Crippen LogP contribution in [0.1, 0.15) is 49.1 Å². The van der Waals surface area contributed by atoms with Crippen molar-refractivity contribution < 1.29 is 4.79 Å². The van der Waals surface area contributed by atoms with Crippen molar-refractivity contribution in [3.05, 3.63) is 17.0 Å². The zero-order valence-electron chi connectivity index (χ0n) is 12.0. The Morgan fingerprint density at radius 3 is 2.79 bits per heavy atom. The second-order valence-corrected chi connectivity index (χ2v) is 6.33. The molecule has 1 amide bonds. The molecule has 1 aromatic rings. The van der Waals surface area contributed by atoms with E-state index in [1.807, 2.05) is 13.8 Å². The van der Waals surface area contributed by atoms with E-state index in [0.29, 0.717) is 17.7 Å². The maximum atomic E-state index is 12.3. The van der Waals surface area contributed by atoms with Gasteiger partial charge < -0.3 is 4.90 Å². The van der Waals surface area contributed by atoms with E-state index in [9.17, 15) is 4.79 Å². The lowest BCUT2D eigenvalue weighted by Crippen LogP contribution is -2.40. The molecular formula is C15H23N3O. The van der Waals surface area contributed by atoms with Gasteiger partial charge in [0.15, 0.2) is 0 Å². The first-order valence-electron chi connectivity index (χ1n) is 7.38.